The van der Waals surface area contributed by atoms with Gasteiger partial charge in [-0.3, -0.25) is 4.57 Å². The highest BCUT2D eigenvalue weighted by Gasteiger charge is 2.16. The predicted molar refractivity (Wildman–Crippen MR) is 73.1 cm³/mol. The Morgan fingerprint density at radius 1 is 1.26 bits per heavy atom. The van der Waals surface area contributed by atoms with Crippen molar-refractivity contribution in [1.82, 2.24) is 14.9 Å². The molecule has 0 aliphatic rings. The van der Waals surface area contributed by atoms with Gasteiger partial charge in [-0.05, 0) is 18.7 Å². The molecule has 0 amide bonds. The van der Waals surface area contributed by atoms with Gasteiger partial charge in [0.15, 0.2) is 0 Å². The van der Waals surface area contributed by atoms with Crippen LogP contribution in [0.4, 0.5) is 0 Å². The molecule has 1 N–H and O–H groups in total. The van der Waals surface area contributed by atoms with Crippen LogP contribution in [0.25, 0.3) is 5.69 Å². The maximum Gasteiger partial charge on any atom is 0.200 e. The summed E-state index contributed by atoms with van der Waals surface area (Å²) >= 11 is 0. The van der Waals surface area contributed by atoms with Gasteiger partial charge in [0.25, 0.3) is 0 Å². The fourth-order valence-corrected chi connectivity index (χ4v) is 2.10. The summed E-state index contributed by atoms with van der Waals surface area (Å²) in [6.45, 7) is 0.790. The Labute approximate surface area is 113 Å². The number of ether oxygens (including phenoxy) is 2. The van der Waals surface area contributed by atoms with Gasteiger partial charge in [0.2, 0.25) is 6.29 Å². The second-order valence-electron chi connectivity index (χ2n) is 4.15. The Hall–Kier alpha value is -1.69. The van der Waals surface area contributed by atoms with Crippen LogP contribution in [0.2, 0.25) is 0 Å². The molecular weight excluding hydrogens is 242 g/mol. The summed E-state index contributed by atoms with van der Waals surface area (Å²) < 4.78 is 12.6. The van der Waals surface area contributed by atoms with E-state index in [4.69, 9.17) is 9.47 Å². The molecule has 0 saturated carbocycles. The van der Waals surface area contributed by atoms with Crippen LogP contribution in [-0.4, -0.2) is 30.8 Å². The number of imidazole rings is 1. The van der Waals surface area contributed by atoms with Crippen molar-refractivity contribution >= 4 is 0 Å². The first-order valence-corrected chi connectivity index (χ1v) is 6.12. The number of para-hydroxylation sites is 1. The Bertz CT molecular complexity index is 521. The smallest absolute Gasteiger partial charge is 0.200 e. The SMILES string of the molecule is CNCc1ccccc1-n1cncc1C(OC)OC. The van der Waals surface area contributed by atoms with E-state index in [-0.39, 0.29) is 0 Å². The van der Waals surface area contributed by atoms with Crippen LogP contribution >= 0.6 is 0 Å². The lowest BCUT2D eigenvalue weighted by molar-refractivity contribution is -0.109. The number of methoxy groups -OCH3 is 2. The van der Waals surface area contributed by atoms with E-state index in [0.717, 1.165) is 17.9 Å². The lowest BCUT2D eigenvalue weighted by atomic mass is 10.1. The number of hydrogen-bond donors (Lipinski definition) is 1. The van der Waals surface area contributed by atoms with Crippen LogP contribution < -0.4 is 5.32 Å². The van der Waals surface area contributed by atoms with Crippen LogP contribution in [0, 0.1) is 0 Å². The van der Waals surface area contributed by atoms with Gasteiger partial charge in [-0.2, -0.15) is 0 Å². The van der Waals surface area contributed by atoms with Gasteiger partial charge in [-0.1, -0.05) is 18.2 Å². The van der Waals surface area contributed by atoms with E-state index in [9.17, 15) is 0 Å². The molecule has 0 aliphatic carbocycles. The second kappa shape index (κ2) is 6.47. The molecule has 0 radical (unpaired) electrons. The van der Waals surface area contributed by atoms with Gasteiger partial charge in [0.05, 0.1) is 23.9 Å². The zero-order valence-corrected chi connectivity index (χ0v) is 11.5. The molecule has 0 spiro atoms. The van der Waals surface area contributed by atoms with Crippen molar-refractivity contribution in [3.63, 3.8) is 0 Å². The van der Waals surface area contributed by atoms with Crippen LogP contribution in [-0.2, 0) is 16.0 Å². The predicted octanol–water partition coefficient (Wildman–Crippen LogP) is 1.88. The van der Waals surface area contributed by atoms with Crippen molar-refractivity contribution in [2.45, 2.75) is 12.8 Å². The van der Waals surface area contributed by atoms with Gasteiger partial charge < -0.3 is 14.8 Å². The Morgan fingerprint density at radius 2 is 2.00 bits per heavy atom. The first-order valence-electron chi connectivity index (χ1n) is 6.12. The third kappa shape index (κ3) is 2.84. The van der Waals surface area contributed by atoms with Crippen molar-refractivity contribution in [1.29, 1.82) is 0 Å². The maximum atomic E-state index is 5.31. The Kier molecular flexibility index (Phi) is 4.68. The molecule has 0 aliphatic heterocycles. The molecule has 1 heterocycles. The monoisotopic (exact) mass is 261 g/mol. The van der Waals surface area contributed by atoms with E-state index < -0.39 is 6.29 Å². The van der Waals surface area contributed by atoms with Crippen LogP contribution in [0.5, 0.6) is 0 Å². The van der Waals surface area contributed by atoms with Crippen molar-refractivity contribution in [3.8, 4) is 5.69 Å². The molecule has 5 nitrogen and oxygen atoms in total. The van der Waals surface area contributed by atoms with Crippen molar-refractivity contribution < 1.29 is 9.47 Å². The third-order valence-electron chi connectivity index (χ3n) is 2.96. The van der Waals surface area contributed by atoms with E-state index >= 15 is 0 Å². The van der Waals surface area contributed by atoms with E-state index in [1.807, 2.05) is 23.7 Å². The van der Waals surface area contributed by atoms with Crippen LogP contribution in [0.1, 0.15) is 17.5 Å². The Morgan fingerprint density at radius 3 is 2.68 bits per heavy atom. The molecule has 2 aromatic rings. The summed E-state index contributed by atoms with van der Waals surface area (Å²) in [6.07, 6.45) is 3.10. The zero-order chi connectivity index (χ0) is 13.7. The average Bonchev–Trinajstić information content (AvgIpc) is 2.90. The highest BCUT2D eigenvalue weighted by Crippen LogP contribution is 2.23. The maximum absolute atomic E-state index is 5.31. The number of rotatable bonds is 6. The number of nitrogens with one attached hydrogen (secondary N) is 1. The quantitative estimate of drug-likeness (QED) is 0.807. The fraction of sp³-hybridized carbons (Fsp3) is 0.357. The van der Waals surface area contributed by atoms with Gasteiger partial charge >= 0.3 is 0 Å². The molecule has 1 aromatic heterocycles. The lowest BCUT2D eigenvalue weighted by Crippen LogP contribution is -2.13. The molecule has 0 saturated heterocycles. The Balaban J connectivity index is 2.45. The third-order valence-corrected chi connectivity index (χ3v) is 2.96. The minimum absolute atomic E-state index is 0.426. The van der Waals surface area contributed by atoms with E-state index in [1.54, 1.807) is 26.7 Å². The normalized spacial score (nSPS) is 11.2. The standard InChI is InChI=1S/C14H19N3O2/c1-15-8-11-6-4-5-7-12(11)17-10-16-9-13(17)14(18-2)19-3/h4-7,9-10,14-15H,8H2,1-3H3. The van der Waals surface area contributed by atoms with Gasteiger partial charge in [-0.25, -0.2) is 4.98 Å². The molecule has 5 heteroatoms. The molecule has 0 bridgehead atoms. The van der Waals surface area contributed by atoms with Gasteiger partial charge in [0, 0.05) is 20.8 Å². The highest BCUT2D eigenvalue weighted by molar-refractivity contribution is 5.42. The molecule has 0 atom stereocenters. The minimum Gasteiger partial charge on any atom is -0.350 e. The fourth-order valence-electron chi connectivity index (χ4n) is 2.10. The number of hydrogen-bond acceptors (Lipinski definition) is 4. The van der Waals surface area contributed by atoms with E-state index in [2.05, 4.69) is 22.4 Å². The largest absolute Gasteiger partial charge is 0.350 e. The minimum atomic E-state index is -0.426. The molecule has 19 heavy (non-hydrogen) atoms. The molecule has 0 unspecified atom stereocenters. The van der Waals surface area contributed by atoms with Crippen LogP contribution in [0.15, 0.2) is 36.8 Å². The second-order valence-corrected chi connectivity index (χ2v) is 4.15. The van der Waals surface area contributed by atoms with E-state index in [1.165, 1.54) is 5.56 Å². The van der Waals surface area contributed by atoms with Crippen molar-refractivity contribution in [3.05, 3.63) is 48.0 Å². The number of nitrogens with zero attached hydrogens (tertiary/aromatic N) is 2. The number of benzene rings is 1. The van der Waals surface area contributed by atoms with Crippen LogP contribution in [0.3, 0.4) is 0 Å². The topological polar surface area (TPSA) is 48.3 Å². The molecule has 0 fully saturated rings. The zero-order valence-electron chi connectivity index (χ0n) is 11.5. The number of aromatic nitrogens is 2. The highest BCUT2D eigenvalue weighted by atomic mass is 16.7. The summed E-state index contributed by atoms with van der Waals surface area (Å²) in [5.74, 6) is 0. The summed E-state index contributed by atoms with van der Waals surface area (Å²) in [5.41, 5.74) is 3.13. The molecular formula is C14H19N3O2. The summed E-state index contributed by atoms with van der Waals surface area (Å²) in [5, 5.41) is 3.17. The summed E-state index contributed by atoms with van der Waals surface area (Å²) in [7, 11) is 5.16. The van der Waals surface area contributed by atoms with Crippen molar-refractivity contribution in [2.24, 2.45) is 0 Å². The van der Waals surface area contributed by atoms with Gasteiger partial charge in [-0.15, -0.1) is 0 Å². The first kappa shape index (κ1) is 13.7. The summed E-state index contributed by atoms with van der Waals surface area (Å²) in [6, 6.07) is 8.17. The molecule has 102 valence electrons. The lowest BCUT2D eigenvalue weighted by Gasteiger charge is -2.17. The summed E-state index contributed by atoms with van der Waals surface area (Å²) in [4.78, 5) is 4.20. The molecule has 1 aromatic carbocycles. The first-order chi connectivity index (χ1) is 9.31. The van der Waals surface area contributed by atoms with Gasteiger partial charge in [0.1, 0.15) is 0 Å². The van der Waals surface area contributed by atoms with Crippen molar-refractivity contribution in [2.75, 3.05) is 21.3 Å². The molecule has 2 rings (SSSR count). The van der Waals surface area contributed by atoms with E-state index in [0.29, 0.717) is 0 Å². The average molecular weight is 261 g/mol.